The van der Waals surface area contributed by atoms with Gasteiger partial charge in [0, 0.05) is 30.8 Å². The zero-order chi connectivity index (χ0) is 21.7. The van der Waals surface area contributed by atoms with Crippen molar-refractivity contribution in [3.05, 3.63) is 69.2 Å². The van der Waals surface area contributed by atoms with E-state index in [0.717, 1.165) is 0 Å². The normalized spacial score (nSPS) is 11.8. The minimum atomic E-state index is -1.09. The molecule has 1 atom stereocenters. The number of hydrogen-bond donors (Lipinski definition) is 1. The van der Waals surface area contributed by atoms with E-state index in [-0.39, 0.29) is 24.3 Å². The Morgan fingerprint density at radius 2 is 2.00 bits per heavy atom. The van der Waals surface area contributed by atoms with Gasteiger partial charge in [0.2, 0.25) is 0 Å². The number of esters is 1. The van der Waals surface area contributed by atoms with Crippen molar-refractivity contribution in [1.82, 2.24) is 4.57 Å². The first-order chi connectivity index (χ1) is 14.3. The van der Waals surface area contributed by atoms with Crippen molar-refractivity contribution < 1.29 is 23.7 Å². The number of carbonyl (C=O) groups is 2. The zero-order valence-electron chi connectivity index (χ0n) is 16.1. The Morgan fingerprint density at radius 1 is 1.23 bits per heavy atom. The van der Waals surface area contributed by atoms with Crippen LogP contribution in [0.4, 0.5) is 11.4 Å². The SMILES string of the molecule is C[C@@H](OC(=O)CCCn1c(=O)oc2ccccc21)C(=O)Nc1cccc([N+](=O)[O-])c1. The number of carbonyl (C=O) groups excluding carboxylic acids is 2. The Morgan fingerprint density at radius 3 is 2.77 bits per heavy atom. The van der Waals surface area contributed by atoms with Gasteiger partial charge in [0.1, 0.15) is 0 Å². The molecule has 0 radical (unpaired) electrons. The number of aryl methyl sites for hydroxylation is 1. The number of ether oxygens (including phenoxy) is 1. The first-order valence-corrected chi connectivity index (χ1v) is 9.18. The Bertz CT molecular complexity index is 1150. The van der Waals surface area contributed by atoms with Gasteiger partial charge < -0.3 is 14.5 Å². The highest BCUT2D eigenvalue weighted by molar-refractivity contribution is 5.95. The lowest BCUT2D eigenvalue weighted by molar-refractivity contribution is -0.384. The third kappa shape index (κ3) is 4.90. The topological polar surface area (TPSA) is 134 Å². The molecule has 156 valence electrons. The summed E-state index contributed by atoms with van der Waals surface area (Å²) in [4.78, 5) is 46.3. The van der Waals surface area contributed by atoms with E-state index in [1.807, 2.05) is 0 Å². The summed E-state index contributed by atoms with van der Waals surface area (Å²) in [5, 5.41) is 13.3. The fourth-order valence-electron chi connectivity index (χ4n) is 2.86. The molecule has 30 heavy (non-hydrogen) atoms. The van der Waals surface area contributed by atoms with Crippen LogP contribution in [0.3, 0.4) is 0 Å². The predicted octanol–water partition coefficient (Wildman–Crippen LogP) is 2.85. The molecule has 0 spiro atoms. The van der Waals surface area contributed by atoms with Gasteiger partial charge in [0.25, 0.3) is 11.6 Å². The van der Waals surface area contributed by atoms with Crippen LogP contribution in [0.2, 0.25) is 0 Å². The highest BCUT2D eigenvalue weighted by Gasteiger charge is 2.19. The number of nitrogens with zero attached hydrogens (tertiary/aromatic N) is 2. The number of nitrogens with one attached hydrogen (secondary N) is 1. The predicted molar refractivity (Wildman–Crippen MR) is 107 cm³/mol. The molecule has 3 rings (SSSR count). The van der Waals surface area contributed by atoms with Crippen LogP contribution in [0, 0.1) is 10.1 Å². The van der Waals surface area contributed by atoms with Gasteiger partial charge in [-0.15, -0.1) is 0 Å². The maximum absolute atomic E-state index is 12.2. The third-order valence-electron chi connectivity index (χ3n) is 4.34. The number of rotatable bonds is 8. The molecular weight excluding hydrogens is 394 g/mol. The number of nitro groups is 1. The van der Waals surface area contributed by atoms with Crippen LogP contribution in [0.25, 0.3) is 11.1 Å². The van der Waals surface area contributed by atoms with Gasteiger partial charge in [-0.3, -0.25) is 24.3 Å². The molecular formula is C20H19N3O7. The van der Waals surface area contributed by atoms with Gasteiger partial charge in [-0.2, -0.15) is 0 Å². The van der Waals surface area contributed by atoms with E-state index in [2.05, 4.69) is 5.32 Å². The Hall–Kier alpha value is -3.95. The van der Waals surface area contributed by atoms with Gasteiger partial charge in [0.05, 0.1) is 10.4 Å². The molecule has 1 amide bonds. The summed E-state index contributed by atoms with van der Waals surface area (Å²) < 4.78 is 11.7. The van der Waals surface area contributed by atoms with Gasteiger partial charge in [-0.25, -0.2) is 4.79 Å². The minimum Gasteiger partial charge on any atom is -0.453 e. The number of para-hydroxylation sites is 2. The molecule has 1 N–H and O–H groups in total. The number of aromatic nitrogens is 1. The van der Waals surface area contributed by atoms with Crippen LogP contribution in [0.15, 0.2) is 57.7 Å². The summed E-state index contributed by atoms with van der Waals surface area (Å²) in [7, 11) is 0. The summed E-state index contributed by atoms with van der Waals surface area (Å²) in [6.07, 6.45) is -0.767. The van der Waals surface area contributed by atoms with E-state index >= 15 is 0 Å². The van der Waals surface area contributed by atoms with Crippen LogP contribution >= 0.6 is 0 Å². The van der Waals surface area contributed by atoms with Crippen molar-refractivity contribution in [1.29, 1.82) is 0 Å². The van der Waals surface area contributed by atoms with Gasteiger partial charge in [-0.05, 0) is 31.5 Å². The second-order valence-electron chi connectivity index (χ2n) is 6.52. The lowest BCUT2D eigenvalue weighted by Gasteiger charge is -2.13. The van der Waals surface area contributed by atoms with Crippen LogP contribution in [0.5, 0.6) is 0 Å². The third-order valence-corrected chi connectivity index (χ3v) is 4.34. The Balaban J connectivity index is 1.50. The fraction of sp³-hybridized carbons (Fsp3) is 0.250. The van der Waals surface area contributed by atoms with Crippen LogP contribution < -0.4 is 11.1 Å². The standard InChI is InChI=1S/C20H19N3O7/c1-13(19(25)21-14-6-4-7-15(12-14)23(27)28)29-18(24)10-5-11-22-16-8-2-3-9-17(16)30-20(22)26/h2-4,6-9,12-13H,5,10-11H2,1H3,(H,21,25)/t13-/m1/s1. The van der Waals surface area contributed by atoms with Gasteiger partial charge in [0.15, 0.2) is 11.7 Å². The average molecular weight is 413 g/mol. The lowest BCUT2D eigenvalue weighted by atomic mass is 10.2. The summed E-state index contributed by atoms with van der Waals surface area (Å²) in [5.74, 6) is -1.72. The monoisotopic (exact) mass is 413 g/mol. The fourth-order valence-corrected chi connectivity index (χ4v) is 2.86. The Kier molecular flexibility index (Phi) is 6.26. The Labute approximate surface area is 170 Å². The van der Waals surface area contributed by atoms with E-state index in [1.54, 1.807) is 24.3 Å². The summed E-state index contributed by atoms with van der Waals surface area (Å²) >= 11 is 0. The molecule has 0 unspecified atom stereocenters. The van der Waals surface area contributed by atoms with E-state index in [1.165, 1.54) is 35.8 Å². The summed E-state index contributed by atoms with van der Waals surface area (Å²) in [6, 6.07) is 12.4. The van der Waals surface area contributed by atoms with E-state index in [4.69, 9.17) is 9.15 Å². The molecule has 0 aliphatic carbocycles. The second kappa shape index (κ2) is 9.03. The molecule has 10 heteroatoms. The lowest BCUT2D eigenvalue weighted by Crippen LogP contribution is -2.30. The molecule has 1 heterocycles. The zero-order valence-corrected chi connectivity index (χ0v) is 16.1. The van der Waals surface area contributed by atoms with Crippen molar-refractivity contribution in [3.63, 3.8) is 0 Å². The van der Waals surface area contributed by atoms with Gasteiger partial charge >= 0.3 is 11.7 Å². The van der Waals surface area contributed by atoms with Gasteiger partial charge in [-0.1, -0.05) is 18.2 Å². The number of amides is 1. The number of nitro benzene ring substituents is 1. The maximum Gasteiger partial charge on any atom is 0.419 e. The molecule has 0 saturated heterocycles. The number of benzene rings is 2. The van der Waals surface area contributed by atoms with Crippen molar-refractivity contribution in [2.45, 2.75) is 32.4 Å². The van der Waals surface area contributed by atoms with Crippen LogP contribution in [0.1, 0.15) is 19.8 Å². The number of anilines is 1. The molecule has 0 fully saturated rings. The number of fused-ring (bicyclic) bond motifs is 1. The maximum atomic E-state index is 12.2. The number of non-ortho nitro benzene ring substituents is 1. The second-order valence-corrected chi connectivity index (χ2v) is 6.52. The van der Waals surface area contributed by atoms with Crippen LogP contribution in [-0.4, -0.2) is 27.5 Å². The molecule has 0 aliphatic heterocycles. The molecule has 10 nitrogen and oxygen atoms in total. The van der Waals surface area contributed by atoms with Crippen molar-refractivity contribution in [2.24, 2.45) is 0 Å². The summed E-state index contributed by atoms with van der Waals surface area (Å²) in [5.41, 5.74) is 1.17. The first-order valence-electron chi connectivity index (χ1n) is 9.18. The summed E-state index contributed by atoms with van der Waals surface area (Å²) in [6.45, 7) is 1.66. The van der Waals surface area contributed by atoms with Crippen LogP contribution in [-0.2, 0) is 20.9 Å². The molecule has 0 aliphatic rings. The highest BCUT2D eigenvalue weighted by atomic mass is 16.6. The molecule has 0 bridgehead atoms. The van der Waals surface area contributed by atoms with E-state index in [9.17, 15) is 24.5 Å². The molecule has 0 saturated carbocycles. The molecule has 2 aromatic carbocycles. The van der Waals surface area contributed by atoms with E-state index < -0.39 is 28.7 Å². The smallest absolute Gasteiger partial charge is 0.419 e. The molecule has 3 aromatic rings. The number of oxazole rings is 1. The largest absolute Gasteiger partial charge is 0.453 e. The van der Waals surface area contributed by atoms with Crippen molar-refractivity contribution in [3.8, 4) is 0 Å². The minimum absolute atomic E-state index is 0.000373. The quantitative estimate of drug-likeness (QED) is 0.341. The van der Waals surface area contributed by atoms with E-state index in [0.29, 0.717) is 17.5 Å². The van der Waals surface area contributed by atoms with Crippen molar-refractivity contribution >= 4 is 34.4 Å². The average Bonchev–Trinajstić information content (AvgIpc) is 3.03. The van der Waals surface area contributed by atoms with Crippen molar-refractivity contribution in [2.75, 3.05) is 5.32 Å². The number of hydrogen-bond acceptors (Lipinski definition) is 7. The first kappa shape index (κ1) is 20.8. The highest BCUT2D eigenvalue weighted by Crippen LogP contribution is 2.17. The molecule has 1 aromatic heterocycles.